The maximum absolute atomic E-state index is 12.8. The van der Waals surface area contributed by atoms with Crippen LogP contribution in [0.25, 0.3) is 0 Å². The average Bonchev–Trinajstić information content (AvgIpc) is 2.45. The minimum Gasteiger partial charge on any atom is -0.389 e. The van der Waals surface area contributed by atoms with Crippen molar-refractivity contribution < 1.29 is 14.3 Å². The van der Waals surface area contributed by atoms with Crippen LogP contribution in [0, 0.1) is 5.82 Å². The summed E-state index contributed by atoms with van der Waals surface area (Å²) in [6, 6.07) is 5.98. The predicted octanol–water partition coefficient (Wildman–Crippen LogP) is 1.97. The molecule has 0 aliphatic heterocycles. The molecule has 1 rings (SSSR count). The van der Waals surface area contributed by atoms with Crippen LogP contribution in [0.15, 0.2) is 24.3 Å². The zero-order valence-corrected chi connectivity index (χ0v) is 13.9. The second-order valence-electron chi connectivity index (χ2n) is 6.22. The van der Waals surface area contributed by atoms with Gasteiger partial charge in [0.1, 0.15) is 5.82 Å². The Balaban J connectivity index is 2.44. The Bertz CT molecular complexity index is 469. The number of hydrogen-bond acceptors (Lipinski definition) is 3. The molecule has 0 bridgehead atoms. The first-order valence-electron chi connectivity index (χ1n) is 7.71. The smallest absolute Gasteiger partial charge is 0.237 e. The van der Waals surface area contributed by atoms with E-state index in [0.717, 1.165) is 5.56 Å². The summed E-state index contributed by atoms with van der Waals surface area (Å²) in [5, 5.41) is 12.8. The number of benzene rings is 1. The zero-order valence-electron chi connectivity index (χ0n) is 13.9. The summed E-state index contributed by atoms with van der Waals surface area (Å²) in [6.45, 7) is 8.90. The van der Waals surface area contributed by atoms with Crippen LogP contribution in [0.1, 0.15) is 33.3 Å². The summed E-state index contributed by atoms with van der Waals surface area (Å²) in [4.78, 5) is 14.1. The molecule has 0 saturated carbocycles. The van der Waals surface area contributed by atoms with Crippen molar-refractivity contribution in [2.75, 3.05) is 19.6 Å². The molecule has 1 aromatic rings. The average molecular weight is 310 g/mol. The number of amides is 1. The zero-order chi connectivity index (χ0) is 16.8. The summed E-state index contributed by atoms with van der Waals surface area (Å²) in [5.41, 5.74) is 0.150. The van der Waals surface area contributed by atoms with Crippen molar-refractivity contribution in [3.63, 3.8) is 0 Å². The van der Waals surface area contributed by atoms with Crippen molar-refractivity contribution in [3.8, 4) is 0 Å². The standard InChI is InChI=1S/C17H27FN2O2/c1-5-20(12-17(3,4)22)13(2)16(21)19-11-10-14-6-8-15(18)9-7-14/h6-9,13,22H,5,10-12H2,1-4H3,(H,19,21). The fourth-order valence-electron chi connectivity index (χ4n) is 2.31. The van der Waals surface area contributed by atoms with Crippen molar-refractivity contribution >= 4 is 5.91 Å². The van der Waals surface area contributed by atoms with E-state index in [2.05, 4.69) is 5.32 Å². The third-order valence-electron chi connectivity index (χ3n) is 3.55. The van der Waals surface area contributed by atoms with Crippen LogP contribution in [0.5, 0.6) is 0 Å². The minimum absolute atomic E-state index is 0.0618. The van der Waals surface area contributed by atoms with E-state index < -0.39 is 5.60 Å². The Morgan fingerprint density at radius 3 is 2.45 bits per heavy atom. The molecule has 0 heterocycles. The highest BCUT2D eigenvalue weighted by Crippen LogP contribution is 2.09. The molecule has 1 aromatic carbocycles. The molecule has 5 heteroatoms. The number of halogens is 1. The van der Waals surface area contributed by atoms with Crippen LogP contribution in [-0.4, -0.2) is 47.2 Å². The molecular formula is C17H27FN2O2. The van der Waals surface area contributed by atoms with Crippen LogP contribution < -0.4 is 5.32 Å². The van der Waals surface area contributed by atoms with E-state index >= 15 is 0 Å². The van der Waals surface area contributed by atoms with Gasteiger partial charge in [-0.1, -0.05) is 19.1 Å². The predicted molar refractivity (Wildman–Crippen MR) is 86.1 cm³/mol. The van der Waals surface area contributed by atoms with Gasteiger partial charge in [0, 0.05) is 13.1 Å². The number of carbonyl (C=O) groups is 1. The number of aliphatic hydroxyl groups is 1. The first-order chi connectivity index (χ1) is 10.2. The van der Waals surface area contributed by atoms with Gasteiger partial charge in [0.2, 0.25) is 5.91 Å². The second kappa shape index (κ2) is 8.25. The number of carbonyl (C=O) groups excluding carboxylic acids is 1. The van der Waals surface area contributed by atoms with Crippen molar-refractivity contribution in [3.05, 3.63) is 35.6 Å². The molecule has 0 aliphatic rings. The molecule has 4 nitrogen and oxygen atoms in total. The fraction of sp³-hybridized carbons (Fsp3) is 0.588. The maximum Gasteiger partial charge on any atom is 0.237 e. The summed E-state index contributed by atoms with van der Waals surface area (Å²) in [6.07, 6.45) is 0.663. The Hall–Kier alpha value is -1.46. The SMILES string of the molecule is CCN(CC(C)(C)O)C(C)C(=O)NCCc1ccc(F)cc1. The summed E-state index contributed by atoms with van der Waals surface area (Å²) in [5.74, 6) is -0.320. The number of likely N-dealkylation sites (N-methyl/N-ethyl adjacent to an activating group) is 1. The van der Waals surface area contributed by atoms with Gasteiger partial charge in [-0.05, 0) is 51.4 Å². The number of rotatable bonds is 8. The summed E-state index contributed by atoms with van der Waals surface area (Å²) in [7, 11) is 0. The fourth-order valence-corrected chi connectivity index (χ4v) is 2.31. The number of nitrogens with one attached hydrogen (secondary N) is 1. The van der Waals surface area contributed by atoms with Crippen LogP contribution >= 0.6 is 0 Å². The largest absolute Gasteiger partial charge is 0.389 e. The van der Waals surface area contributed by atoms with Crippen molar-refractivity contribution in [1.29, 1.82) is 0 Å². The molecule has 0 aliphatic carbocycles. The lowest BCUT2D eigenvalue weighted by molar-refractivity contribution is -0.126. The van der Waals surface area contributed by atoms with Gasteiger partial charge < -0.3 is 10.4 Å². The van der Waals surface area contributed by atoms with E-state index in [0.29, 0.717) is 26.1 Å². The first kappa shape index (κ1) is 18.6. The summed E-state index contributed by atoms with van der Waals surface area (Å²) < 4.78 is 12.8. The Morgan fingerprint density at radius 2 is 1.95 bits per heavy atom. The molecule has 1 amide bonds. The molecule has 0 aromatic heterocycles. The van der Waals surface area contributed by atoms with Crippen LogP contribution in [0.3, 0.4) is 0 Å². The van der Waals surface area contributed by atoms with Crippen LogP contribution in [-0.2, 0) is 11.2 Å². The topological polar surface area (TPSA) is 52.6 Å². The van der Waals surface area contributed by atoms with E-state index in [4.69, 9.17) is 0 Å². The third-order valence-corrected chi connectivity index (χ3v) is 3.55. The highest BCUT2D eigenvalue weighted by Gasteiger charge is 2.25. The van der Waals surface area contributed by atoms with E-state index in [1.165, 1.54) is 12.1 Å². The molecule has 1 atom stereocenters. The van der Waals surface area contributed by atoms with Crippen molar-refractivity contribution in [2.24, 2.45) is 0 Å². The first-order valence-corrected chi connectivity index (χ1v) is 7.71. The van der Waals surface area contributed by atoms with Gasteiger partial charge in [-0.15, -0.1) is 0 Å². The monoisotopic (exact) mass is 310 g/mol. The molecule has 124 valence electrons. The molecule has 0 radical (unpaired) electrons. The molecule has 0 spiro atoms. The van der Waals surface area contributed by atoms with Crippen LogP contribution in [0.4, 0.5) is 4.39 Å². The minimum atomic E-state index is -0.835. The molecule has 0 saturated heterocycles. The molecule has 1 unspecified atom stereocenters. The Kier molecular flexibility index (Phi) is 6.97. The molecular weight excluding hydrogens is 283 g/mol. The van der Waals surface area contributed by atoms with E-state index in [1.54, 1.807) is 26.0 Å². The molecule has 22 heavy (non-hydrogen) atoms. The lowest BCUT2D eigenvalue weighted by atomic mass is 10.1. The highest BCUT2D eigenvalue weighted by atomic mass is 19.1. The van der Waals surface area contributed by atoms with Gasteiger partial charge in [-0.2, -0.15) is 0 Å². The second-order valence-corrected chi connectivity index (χ2v) is 6.22. The van der Waals surface area contributed by atoms with Gasteiger partial charge in [0.15, 0.2) is 0 Å². The van der Waals surface area contributed by atoms with Gasteiger partial charge in [-0.3, -0.25) is 9.69 Å². The third kappa shape index (κ3) is 6.54. The van der Waals surface area contributed by atoms with Gasteiger partial charge in [-0.25, -0.2) is 4.39 Å². The number of hydrogen-bond donors (Lipinski definition) is 2. The maximum atomic E-state index is 12.8. The Labute approximate surface area is 132 Å². The quantitative estimate of drug-likeness (QED) is 0.772. The highest BCUT2D eigenvalue weighted by molar-refractivity contribution is 5.81. The van der Waals surface area contributed by atoms with E-state index in [1.807, 2.05) is 18.7 Å². The van der Waals surface area contributed by atoms with Gasteiger partial charge in [0.25, 0.3) is 0 Å². The molecule has 0 fully saturated rings. The lowest BCUT2D eigenvalue weighted by Crippen LogP contribution is -2.50. The van der Waals surface area contributed by atoms with Gasteiger partial charge in [0.05, 0.1) is 11.6 Å². The molecule has 2 N–H and O–H groups in total. The Morgan fingerprint density at radius 1 is 1.36 bits per heavy atom. The van der Waals surface area contributed by atoms with E-state index in [9.17, 15) is 14.3 Å². The van der Waals surface area contributed by atoms with E-state index in [-0.39, 0.29) is 17.8 Å². The number of nitrogens with zero attached hydrogens (tertiary/aromatic N) is 1. The van der Waals surface area contributed by atoms with Crippen LogP contribution in [0.2, 0.25) is 0 Å². The summed E-state index contributed by atoms with van der Waals surface area (Å²) >= 11 is 0. The van der Waals surface area contributed by atoms with Crippen molar-refractivity contribution in [2.45, 2.75) is 45.8 Å². The normalized spacial score (nSPS) is 13.2. The van der Waals surface area contributed by atoms with Gasteiger partial charge >= 0.3 is 0 Å². The van der Waals surface area contributed by atoms with Crippen molar-refractivity contribution in [1.82, 2.24) is 10.2 Å². The lowest BCUT2D eigenvalue weighted by Gasteiger charge is -2.32.